The molecule has 0 fully saturated rings. The summed E-state index contributed by atoms with van der Waals surface area (Å²) in [4.78, 5) is 14.2. The summed E-state index contributed by atoms with van der Waals surface area (Å²) in [6, 6.07) is 5.66. The Hall–Kier alpha value is -1.77. The fraction of sp³-hybridized carbons (Fsp3) is 0.357. The topological polar surface area (TPSA) is 29.5 Å². The van der Waals surface area contributed by atoms with E-state index in [0.717, 1.165) is 35.3 Å². The molecule has 0 unspecified atom stereocenters. The van der Waals surface area contributed by atoms with Crippen molar-refractivity contribution in [1.82, 2.24) is 4.90 Å². The molecule has 0 heterocycles. The van der Waals surface area contributed by atoms with E-state index >= 15 is 0 Å². The third kappa shape index (κ3) is 2.18. The van der Waals surface area contributed by atoms with Gasteiger partial charge in [0, 0.05) is 37.0 Å². The summed E-state index contributed by atoms with van der Waals surface area (Å²) in [5.74, 6) is 0.943. The number of carbonyl (C=O) groups excluding carboxylic acids is 1. The van der Waals surface area contributed by atoms with Gasteiger partial charge in [0.1, 0.15) is 5.75 Å². The van der Waals surface area contributed by atoms with E-state index < -0.39 is 0 Å². The minimum absolute atomic E-state index is 0.124. The minimum Gasteiger partial charge on any atom is -0.496 e. The number of fused-ring (bicyclic) bond motifs is 1. The summed E-state index contributed by atoms with van der Waals surface area (Å²) >= 11 is 0. The number of Topliss-reactive ketones (excluding diaryl/α,β-unsaturated/α-hetero) is 1. The van der Waals surface area contributed by atoms with Crippen LogP contribution in [0.2, 0.25) is 0 Å². The summed E-state index contributed by atoms with van der Waals surface area (Å²) in [5.41, 5.74) is 2.69. The first kappa shape index (κ1) is 11.7. The number of methoxy groups -OCH3 is 1. The van der Waals surface area contributed by atoms with E-state index in [4.69, 9.17) is 4.74 Å². The van der Waals surface area contributed by atoms with E-state index in [1.165, 1.54) is 0 Å². The van der Waals surface area contributed by atoms with Crippen molar-refractivity contribution >= 4 is 5.78 Å². The average molecular weight is 231 g/mol. The van der Waals surface area contributed by atoms with Crippen LogP contribution in [0.25, 0.3) is 0 Å². The van der Waals surface area contributed by atoms with Gasteiger partial charge in [-0.05, 0) is 18.9 Å². The third-order valence-electron chi connectivity index (χ3n) is 2.95. The number of allylic oxidation sites excluding steroid dienone is 1. The van der Waals surface area contributed by atoms with Crippen LogP contribution in [-0.2, 0) is 6.42 Å². The van der Waals surface area contributed by atoms with Crippen LogP contribution in [0.1, 0.15) is 22.3 Å². The molecule has 0 radical (unpaired) electrons. The fourth-order valence-corrected chi connectivity index (χ4v) is 2.21. The quantitative estimate of drug-likeness (QED) is 0.731. The van der Waals surface area contributed by atoms with Gasteiger partial charge >= 0.3 is 0 Å². The maximum Gasteiger partial charge on any atom is 0.190 e. The summed E-state index contributed by atoms with van der Waals surface area (Å²) in [7, 11) is 5.51. The van der Waals surface area contributed by atoms with Crippen molar-refractivity contribution in [3.63, 3.8) is 0 Å². The summed E-state index contributed by atoms with van der Waals surface area (Å²) in [6.45, 7) is 0. The second-order valence-corrected chi connectivity index (χ2v) is 4.43. The number of benzene rings is 1. The molecule has 90 valence electrons. The fourth-order valence-electron chi connectivity index (χ4n) is 2.21. The smallest absolute Gasteiger partial charge is 0.190 e. The molecule has 0 atom stereocenters. The molecule has 2 rings (SSSR count). The lowest BCUT2D eigenvalue weighted by atomic mass is 9.86. The molecule has 1 aliphatic carbocycles. The number of ketones is 1. The van der Waals surface area contributed by atoms with Crippen LogP contribution in [0.5, 0.6) is 5.75 Å². The lowest BCUT2D eigenvalue weighted by Crippen LogP contribution is -2.17. The van der Waals surface area contributed by atoms with Crippen LogP contribution in [0, 0.1) is 0 Å². The van der Waals surface area contributed by atoms with Gasteiger partial charge in [-0.2, -0.15) is 0 Å². The predicted molar refractivity (Wildman–Crippen MR) is 67.4 cm³/mol. The molecular weight excluding hydrogens is 214 g/mol. The van der Waals surface area contributed by atoms with Gasteiger partial charge in [0.05, 0.1) is 7.11 Å². The number of carbonyl (C=O) groups is 1. The van der Waals surface area contributed by atoms with Gasteiger partial charge in [-0.3, -0.25) is 4.79 Å². The molecule has 3 nitrogen and oxygen atoms in total. The molecule has 0 aliphatic heterocycles. The highest BCUT2D eigenvalue weighted by Crippen LogP contribution is 2.31. The summed E-state index contributed by atoms with van der Waals surface area (Å²) in [6.07, 6.45) is 3.56. The summed E-state index contributed by atoms with van der Waals surface area (Å²) in [5, 5.41) is 0. The van der Waals surface area contributed by atoms with Gasteiger partial charge < -0.3 is 9.64 Å². The standard InChI is InChI=1S/C14H17NO2/c1-15(2)9-10-7-8-11-12(14(10)16)5-4-6-13(11)17-3/h4-6,9H,7-8H2,1-3H3/b10-9-. The van der Waals surface area contributed by atoms with E-state index in [0.29, 0.717) is 0 Å². The molecule has 17 heavy (non-hydrogen) atoms. The van der Waals surface area contributed by atoms with Crippen LogP contribution in [0.3, 0.4) is 0 Å². The van der Waals surface area contributed by atoms with Crippen molar-refractivity contribution in [3.8, 4) is 5.75 Å². The SMILES string of the molecule is COc1cccc2c1CC/C(=C/N(C)C)C2=O. The monoisotopic (exact) mass is 231 g/mol. The Morgan fingerprint density at radius 3 is 2.71 bits per heavy atom. The van der Waals surface area contributed by atoms with Gasteiger partial charge in [0.15, 0.2) is 5.78 Å². The van der Waals surface area contributed by atoms with Crippen molar-refractivity contribution < 1.29 is 9.53 Å². The van der Waals surface area contributed by atoms with Gasteiger partial charge in [0.2, 0.25) is 0 Å². The lowest BCUT2D eigenvalue weighted by Gasteiger charge is -2.20. The van der Waals surface area contributed by atoms with E-state index in [-0.39, 0.29) is 5.78 Å². The van der Waals surface area contributed by atoms with E-state index in [9.17, 15) is 4.79 Å². The second kappa shape index (κ2) is 4.62. The molecule has 0 bridgehead atoms. The molecule has 1 aromatic rings. The Morgan fingerprint density at radius 2 is 2.06 bits per heavy atom. The van der Waals surface area contributed by atoms with Crippen molar-refractivity contribution in [2.45, 2.75) is 12.8 Å². The van der Waals surface area contributed by atoms with E-state index in [2.05, 4.69) is 0 Å². The highest BCUT2D eigenvalue weighted by atomic mass is 16.5. The van der Waals surface area contributed by atoms with Gasteiger partial charge in [-0.1, -0.05) is 12.1 Å². The molecule has 0 saturated carbocycles. The largest absolute Gasteiger partial charge is 0.496 e. The van der Waals surface area contributed by atoms with Crippen LogP contribution in [-0.4, -0.2) is 31.9 Å². The minimum atomic E-state index is 0.124. The van der Waals surface area contributed by atoms with E-state index in [1.54, 1.807) is 7.11 Å². The van der Waals surface area contributed by atoms with Crippen molar-refractivity contribution in [2.24, 2.45) is 0 Å². The third-order valence-corrected chi connectivity index (χ3v) is 2.95. The first-order chi connectivity index (χ1) is 8.13. The van der Waals surface area contributed by atoms with E-state index in [1.807, 2.05) is 43.4 Å². The van der Waals surface area contributed by atoms with Crippen LogP contribution in [0.4, 0.5) is 0 Å². The maximum atomic E-state index is 12.3. The Balaban J connectivity index is 2.44. The molecule has 1 aromatic carbocycles. The first-order valence-corrected chi connectivity index (χ1v) is 5.71. The highest BCUT2D eigenvalue weighted by Gasteiger charge is 2.24. The molecule has 0 amide bonds. The van der Waals surface area contributed by atoms with Crippen LogP contribution >= 0.6 is 0 Å². The molecule has 1 aliphatic rings. The molecule has 0 aromatic heterocycles. The molecular formula is C14H17NO2. The Bertz CT molecular complexity index is 475. The summed E-state index contributed by atoms with van der Waals surface area (Å²) < 4.78 is 5.30. The van der Waals surface area contributed by atoms with Crippen molar-refractivity contribution in [2.75, 3.05) is 21.2 Å². The van der Waals surface area contributed by atoms with Crippen LogP contribution in [0.15, 0.2) is 30.0 Å². The van der Waals surface area contributed by atoms with Crippen molar-refractivity contribution in [3.05, 3.63) is 41.1 Å². The number of nitrogens with zero attached hydrogens (tertiary/aromatic N) is 1. The molecule has 0 saturated heterocycles. The van der Waals surface area contributed by atoms with Crippen LogP contribution < -0.4 is 4.74 Å². The lowest BCUT2D eigenvalue weighted by molar-refractivity contribution is 0.102. The van der Waals surface area contributed by atoms with Gasteiger partial charge in [0.25, 0.3) is 0 Å². The molecule has 0 spiro atoms. The first-order valence-electron chi connectivity index (χ1n) is 5.71. The molecule has 3 heteroatoms. The molecule has 0 N–H and O–H groups in total. The number of ether oxygens (including phenoxy) is 1. The zero-order chi connectivity index (χ0) is 12.4. The average Bonchev–Trinajstić information content (AvgIpc) is 2.31. The second-order valence-electron chi connectivity index (χ2n) is 4.43. The predicted octanol–water partition coefficient (Wildman–Crippen LogP) is 2.27. The van der Waals surface area contributed by atoms with Crippen molar-refractivity contribution in [1.29, 1.82) is 0 Å². The number of rotatable bonds is 2. The highest BCUT2D eigenvalue weighted by molar-refractivity contribution is 6.11. The zero-order valence-electron chi connectivity index (χ0n) is 10.5. The Morgan fingerprint density at radius 1 is 1.29 bits per heavy atom. The number of hydrogen-bond donors (Lipinski definition) is 0. The maximum absolute atomic E-state index is 12.3. The Kier molecular flexibility index (Phi) is 3.18. The Labute approximate surface area is 102 Å². The zero-order valence-corrected chi connectivity index (χ0v) is 10.5. The van der Waals surface area contributed by atoms with Gasteiger partial charge in [-0.15, -0.1) is 0 Å². The van der Waals surface area contributed by atoms with Gasteiger partial charge in [-0.25, -0.2) is 0 Å². The number of hydrogen-bond acceptors (Lipinski definition) is 3. The normalized spacial score (nSPS) is 16.9.